The van der Waals surface area contributed by atoms with Crippen molar-refractivity contribution in [2.75, 3.05) is 33.3 Å². The first kappa shape index (κ1) is 17.6. The number of likely N-dealkylation sites (N-methyl/N-ethyl adjacent to an activating group) is 1. The van der Waals surface area contributed by atoms with E-state index < -0.39 is 0 Å². The van der Waals surface area contributed by atoms with Gasteiger partial charge in [-0.1, -0.05) is 45.3 Å². The molecule has 0 aromatic rings. The van der Waals surface area contributed by atoms with Gasteiger partial charge in [0, 0.05) is 11.7 Å². The van der Waals surface area contributed by atoms with Crippen LogP contribution in [0.1, 0.15) is 39.0 Å². The van der Waals surface area contributed by atoms with E-state index in [0.29, 0.717) is 12.0 Å². The molecule has 2 aliphatic heterocycles. The molecule has 0 N–H and O–H groups in total. The van der Waals surface area contributed by atoms with E-state index in [4.69, 9.17) is 4.74 Å². The van der Waals surface area contributed by atoms with Crippen molar-refractivity contribution < 1.29 is 9.22 Å². The van der Waals surface area contributed by atoms with Gasteiger partial charge in [0.25, 0.3) is 0 Å². The molecule has 3 heteroatoms. The molecule has 0 radical (unpaired) electrons. The second-order valence-electron chi connectivity index (χ2n) is 8.24. The lowest BCUT2D eigenvalue weighted by Gasteiger charge is -2.32. The first-order valence-corrected chi connectivity index (χ1v) is 10.4. The molecule has 1 saturated heterocycles. The van der Waals surface area contributed by atoms with Gasteiger partial charge in [-0.2, -0.15) is 0 Å². The summed E-state index contributed by atoms with van der Waals surface area (Å²) in [5.41, 5.74) is 0. The Balaban J connectivity index is 1.55. The Morgan fingerprint density at radius 3 is 2.78 bits per heavy atom. The Hall–Kier alpha value is -0.250. The molecule has 1 aliphatic carbocycles. The summed E-state index contributed by atoms with van der Waals surface area (Å²) in [5, 5.41) is 3.07. The van der Waals surface area contributed by atoms with Crippen molar-refractivity contribution in [3.63, 3.8) is 0 Å². The van der Waals surface area contributed by atoms with Crippen LogP contribution in [-0.2, 0) is 4.74 Å². The Morgan fingerprint density at radius 1 is 1.35 bits per heavy atom. The summed E-state index contributed by atoms with van der Waals surface area (Å²) in [7, 11) is 2.35. The number of likely N-dealkylation sites (tertiary alicyclic amines) is 1. The van der Waals surface area contributed by atoms with E-state index in [-0.39, 0.29) is 0 Å². The first-order valence-electron chi connectivity index (χ1n) is 9.49. The highest BCUT2D eigenvalue weighted by molar-refractivity contribution is 8.03. The molecule has 0 spiro atoms. The summed E-state index contributed by atoms with van der Waals surface area (Å²) in [6.07, 6.45) is 11.8. The smallest absolute Gasteiger partial charge is 0.112 e. The van der Waals surface area contributed by atoms with Gasteiger partial charge in [-0.3, -0.25) is 0 Å². The van der Waals surface area contributed by atoms with Crippen molar-refractivity contribution in [2.45, 2.75) is 50.4 Å². The van der Waals surface area contributed by atoms with Crippen LogP contribution in [0.5, 0.6) is 0 Å². The van der Waals surface area contributed by atoms with Crippen LogP contribution < -0.4 is 0 Å². The third kappa shape index (κ3) is 4.24. The predicted octanol–water partition coefficient (Wildman–Crippen LogP) is 4.48. The molecule has 3 rings (SSSR count). The fraction of sp³-hybridized carbons (Fsp3) is 0.800. The average molecular weight is 337 g/mol. The van der Waals surface area contributed by atoms with Crippen molar-refractivity contribution in [1.82, 2.24) is 0 Å². The minimum Gasteiger partial charge on any atom is -0.372 e. The fourth-order valence-corrected chi connectivity index (χ4v) is 6.22. The van der Waals surface area contributed by atoms with Gasteiger partial charge in [-0.05, 0) is 29.2 Å². The van der Waals surface area contributed by atoms with Crippen molar-refractivity contribution in [3.05, 3.63) is 24.1 Å². The molecular formula is C20H34NOS+. The van der Waals surface area contributed by atoms with E-state index in [1.807, 2.05) is 0 Å². The van der Waals surface area contributed by atoms with Gasteiger partial charge in [-0.15, -0.1) is 11.8 Å². The zero-order valence-electron chi connectivity index (χ0n) is 15.0. The van der Waals surface area contributed by atoms with Crippen molar-refractivity contribution >= 4 is 11.8 Å². The molecule has 2 fully saturated rings. The lowest BCUT2D eigenvalue weighted by molar-refractivity contribution is -0.893. The summed E-state index contributed by atoms with van der Waals surface area (Å²) in [6.45, 7) is 10.8. The maximum absolute atomic E-state index is 6.49. The normalized spacial score (nSPS) is 39.1. The van der Waals surface area contributed by atoms with Crippen molar-refractivity contribution in [1.29, 1.82) is 0 Å². The Morgan fingerprint density at radius 2 is 2.13 bits per heavy atom. The number of nitrogens with zero attached hydrogens (tertiary/aromatic N) is 1. The number of ether oxygens (including phenoxy) is 1. The van der Waals surface area contributed by atoms with Crippen LogP contribution in [0.15, 0.2) is 24.1 Å². The van der Waals surface area contributed by atoms with E-state index in [9.17, 15) is 0 Å². The maximum Gasteiger partial charge on any atom is 0.112 e. The molecule has 23 heavy (non-hydrogen) atoms. The summed E-state index contributed by atoms with van der Waals surface area (Å²) in [5.74, 6) is 2.34. The van der Waals surface area contributed by atoms with Crippen LogP contribution in [0.2, 0.25) is 0 Å². The lowest BCUT2D eigenvalue weighted by atomic mass is 9.84. The van der Waals surface area contributed by atoms with Crippen LogP contribution in [0.25, 0.3) is 0 Å². The van der Waals surface area contributed by atoms with Crippen molar-refractivity contribution in [3.8, 4) is 0 Å². The van der Waals surface area contributed by atoms with Crippen LogP contribution in [0.4, 0.5) is 0 Å². The predicted molar refractivity (Wildman–Crippen MR) is 100 cm³/mol. The second-order valence-corrected chi connectivity index (χ2v) is 9.33. The molecular weight excluding hydrogens is 302 g/mol. The topological polar surface area (TPSA) is 9.23 Å². The van der Waals surface area contributed by atoms with Crippen molar-refractivity contribution in [2.24, 2.45) is 17.8 Å². The molecule has 0 aromatic carbocycles. The number of hydrogen-bond acceptors (Lipinski definition) is 2. The molecule has 3 aliphatic rings. The Labute approximate surface area is 146 Å². The standard InChI is InChI=1S/C20H34NOS/c1-4-11-21(3)12-9-18(14-21)22-15-19(17-7-5-6-8-17)20-16(2)10-13-23-20/h4,10,13,16-20H,1,5-9,11-12,14-15H2,2-3H3/q+1/t16-,18+,19-,20?,21?/m1/s1. The lowest BCUT2D eigenvalue weighted by Crippen LogP contribution is -2.42. The number of thioether (sulfide) groups is 1. The molecule has 0 aromatic heterocycles. The van der Waals surface area contributed by atoms with E-state index >= 15 is 0 Å². The van der Waals surface area contributed by atoms with Gasteiger partial charge < -0.3 is 9.22 Å². The molecule has 2 unspecified atom stereocenters. The molecule has 1 saturated carbocycles. The summed E-state index contributed by atoms with van der Waals surface area (Å²) in [4.78, 5) is 0. The molecule has 130 valence electrons. The average Bonchev–Trinajstić information content (AvgIpc) is 3.23. The third-order valence-electron chi connectivity index (χ3n) is 6.29. The summed E-state index contributed by atoms with van der Waals surface area (Å²) < 4.78 is 7.60. The zero-order valence-corrected chi connectivity index (χ0v) is 15.8. The minimum absolute atomic E-state index is 0.457. The number of quaternary nitrogens is 1. The molecule has 0 bridgehead atoms. The summed E-state index contributed by atoms with van der Waals surface area (Å²) >= 11 is 2.06. The van der Waals surface area contributed by atoms with Gasteiger partial charge >= 0.3 is 0 Å². The van der Waals surface area contributed by atoms with Gasteiger partial charge in [0.15, 0.2) is 0 Å². The van der Waals surface area contributed by atoms with Crippen LogP contribution in [-0.4, -0.2) is 49.1 Å². The van der Waals surface area contributed by atoms with Gasteiger partial charge in [0.2, 0.25) is 0 Å². The second kappa shape index (κ2) is 7.76. The molecule has 2 heterocycles. The largest absolute Gasteiger partial charge is 0.372 e. The van der Waals surface area contributed by atoms with E-state index in [1.165, 1.54) is 38.6 Å². The monoisotopic (exact) mass is 336 g/mol. The van der Waals surface area contributed by atoms with E-state index in [0.717, 1.165) is 41.3 Å². The highest BCUT2D eigenvalue weighted by Gasteiger charge is 2.38. The highest BCUT2D eigenvalue weighted by atomic mass is 32.2. The minimum atomic E-state index is 0.457. The molecule has 2 nitrogen and oxygen atoms in total. The quantitative estimate of drug-likeness (QED) is 0.501. The molecule has 5 atom stereocenters. The fourth-order valence-electron chi connectivity index (χ4n) is 4.86. The van der Waals surface area contributed by atoms with Gasteiger partial charge in [0.1, 0.15) is 12.6 Å². The highest BCUT2D eigenvalue weighted by Crippen LogP contribution is 2.43. The maximum atomic E-state index is 6.49. The van der Waals surface area contributed by atoms with Crippen LogP contribution in [0, 0.1) is 17.8 Å². The van der Waals surface area contributed by atoms with Crippen LogP contribution >= 0.6 is 11.8 Å². The van der Waals surface area contributed by atoms with Gasteiger partial charge in [-0.25, -0.2) is 0 Å². The summed E-state index contributed by atoms with van der Waals surface area (Å²) in [6, 6.07) is 0. The first-order chi connectivity index (χ1) is 11.1. The number of rotatable bonds is 7. The number of hydrogen-bond donors (Lipinski definition) is 0. The Bertz CT molecular complexity index is 431. The van der Waals surface area contributed by atoms with Gasteiger partial charge in [0.05, 0.1) is 26.7 Å². The SMILES string of the molecule is C=CC[N+]1(C)CC[C@H](OC[C@H](C2CCCC2)C2SC=C[C@H]2C)C1. The van der Waals surface area contributed by atoms with Crippen LogP contribution in [0.3, 0.4) is 0 Å². The van der Waals surface area contributed by atoms with E-state index in [2.05, 4.69) is 49.9 Å². The number of allylic oxidation sites excluding steroid dienone is 1. The Kier molecular flexibility index (Phi) is 5.92. The zero-order chi connectivity index (χ0) is 16.3. The molecule has 0 amide bonds. The van der Waals surface area contributed by atoms with E-state index in [1.54, 1.807) is 0 Å². The third-order valence-corrected chi connectivity index (χ3v) is 7.70.